The van der Waals surface area contributed by atoms with Crippen LogP contribution in [-0.2, 0) is 27.7 Å². The lowest BCUT2D eigenvalue weighted by Crippen LogP contribution is -2.35. The monoisotopic (exact) mass is 472 g/mol. The molecule has 0 unspecified atom stereocenters. The molecule has 32 heavy (non-hydrogen) atoms. The summed E-state index contributed by atoms with van der Waals surface area (Å²) in [5.41, 5.74) is 1.69. The van der Waals surface area contributed by atoms with Gasteiger partial charge < -0.3 is 9.42 Å². The third kappa shape index (κ3) is 4.10. The minimum absolute atomic E-state index is 0.0359. The lowest BCUT2D eigenvalue weighted by Gasteiger charge is -2.26. The number of piperidine rings is 1. The average molecular weight is 473 g/mol. The van der Waals surface area contributed by atoms with Crippen molar-refractivity contribution in [3.63, 3.8) is 0 Å². The van der Waals surface area contributed by atoms with Crippen LogP contribution < -0.4 is 4.90 Å². The van der Waals surface area contributed by atoms with E-state index in [1.807, 2.05) is 17.5 Å². The summed E-state index contributed by atoms with van der Waals surface area (Å²) in [5.74, 6) is 0.937. The molecule has 0 atom stereocenters. The maximum Gasteiger partial charge on any atom is 0.243 e. The van der Waals surface area contributed by atoms with Crippen molar-refractivity contribution < 1.29 is 17.7 Å². The Morgan fingerprint density at radius 1 is 1.12 bits per heavy atom. The molecule has 1 aromatic carbocycles. The summed E-state index contributed by atoms with van der Waals surface area (Å²) in [4.78, 5) is 20.2. The lowest BCUT2D eigenvalue weighted by atomic mass is 10.2. The first-order valence-electron chi connectivity index (χ1n) is 10.8. The molecule has 0 aliphatic carbocycles. The van der Waals surface area contributed by atoms with Crippen molar-refractivity contribution in [2.24, 2.45) is 0 Å². The lowest BCUT2D eigenvalue weighted by molar-refractivity contribution is -0.118. The molecule has 1 saturated heterocycles. The zero-order valence-electron chi connectivity index (χ0n) is 17.6. The molecule has 5 rings (SSSR count). The number of carbonyl (C=O) groups is 1. The second-order valence-electron chi connectivity index (χ2n) is 8.04. The van der Waals surface area contributed by atoms with Gasteiger partial charge in [-0.2, -0.15) is 9.29 Å². The number of thiophene rings is 1. The van der Waals surface area contributed by atoms with Crippen molar-refractivity contribution in [1.29, 1.82) is 0 Å². The standard InChI is InChI=1S/C22H24N4O4S2/c27-21(9-8-20-23-22(24-30-20)19-5-4-14-31-19)26-13-10-16-15-17(6-7-18(16)26)32(28,29)25-11-2-1-3-12-25/h4-7,14-15H,1-3,8-13H2. The van der Waals surface area contributed by atoms with Gasteiger partial charge in [0.15, 0.2) is 0 Å². The summed E-state index contributed by atoms with van der Waals surface area (Å²) in [5, 5.41) is 5.93. The van der Waals surface area contributed by atoms with Gasteiger partial charge in [-0.1, -0.05) is 17.6 Å². The summed E-state index contributed by atoms with van der Waals surface area (Å²) in [7, 11) is -3.48. The van der Waals surface area contributed by atoms with E-state index in [0.29, 0.717) is 49.1 Å². The summed E-state index contributed by atoms with van der Waals surface area (Å²) < 4.78 is 32.8. The maximum absolute atomic E-state index is 13.0. The Hall–Kier alpha value is -2.56. The van der Waals surface area contributed by atoms with E-state index in [4.69, 9.17) is 4.52 Å². The Kier molecular flexibility index (Phi) is 5.83. The minimum atomic E-state index is -3.48. The van der Waals surface area contributed by atoms with Crippen LogP contribution in [0.15, 0.2) is 45.1 Å². The number of benzene rings is 1. The number of aryl methyl sites for hydroxylation is 1. The van der Waals surface area contributed by atoms with Crippen LogP contribution in [-0.4, -0.2) is 48.4 Å². The number of nitrogens with zero attached hydrogens (tertiary/aromatic N) is 4. The van der Waals surface area contributed by atoms with Crippen LogP contribution in [0.5, 0.6) is 0 Å². The topological polar surface area (TPSA) is 96.6 Å². The summed E-state index contributed by atoms with van der Waals surface area (Å²) in [6, 6.07) is 8.97. The van der Waals surface area contributed by atoms with Crippen LogP contribution in [0.2, 0.25) is 0 Å². The van der Waals surface area contributed by atoms with Gasteiger partial charge in [-0.15, -0.1) is 11.3 Å². The Bertz CT molecular complexity index is 1210. The molecule has 0 spiro atoms. The van der Waals surface area contributed by atoms with Crippen molar-refractivity contribution in [1.82, 2.24) is 14.4 Å². The SMILES string of the molecule is O=C(CCc1nc(-c2cccs2)no1)N1CCc2cc(S(=O)(=O)N3CCCCC3)ccc21. The van der Waals surface area contributed by atoms with Crippen LogP contribution in [0.3, 0.4) is 0 Å². The molecule has 168 valence electrons. The minimum Gasteiger partial charge on any atom is -0.339 e. The highest BCUT2D eigenvalue weighted by atomic mass is 32.2. The third-order valence-electron chi connectivity index (χ3n) is 5.96. The number of amides is 1. The molecule has 0 N–H and O–H groups in total. The second kappa shape index (κ2) is 8.76. The van der Waals surface area contributed by atoms with Crippen molar-refractivity contribution in [3.8, 4) is 10.7 Å². The number of carbonyl (C=O) groups excluding carboxylic acids is 1. The predicted molar refractivity (Wildman–Crippen MR) is 121 cm³/mol. The van der Waals surface area contributed by atoms with Crippen LogP contribution in [0.4, 0.5) is 5.69 Å². The van der Waals surface area contributed by atoms with Gasteiger partial charge in [-0.25, -0.2) is 8.42 Å². The van der Waals surface area contributed by atoms with Gasteiger partial charge in [0, 0.05) is 38.2 Å². The van der Waals surface area contributed by atoms with Gasteiger partial charge in [0.2, 0.25) is 27.6 Å². The summed E-state index contributed by atoms with van der Waals surface area (Å²) >= 11 is 1.53. The fourth-order valence-electron chi connectivity index (χ4n) is 4.26. The Labute approximate surface area is 190 Å². The van der Waals surface area contributed by atoms with Crippen LogP contribution in [0, 0.1) is 0 Å². The van der Waals surface area contributed by atoms with Gasteiger partial charge in [-0.3, -0.25) is 4.79 Å². The maximum atomic E-state index is 13.0. The third-order valence-corrected chi connectivity index (χ3v) is 8.72. The van der Waals surface area contributed by atoms with E-state index in [1.54, 1.807) is 27.4 Å². The van der Waals surface area contributed by atoms with Crippen LogP contribution >= 0.6 is 11.3 Å². The number of aromatic nitrogens is 2. The summed E-state index contributed by atoms with van der Waals surface area (Å²) in [6.45, 7) is 1.70. The number of hydrogen-bond acceptors (Lipinski definition) is 7. The van der Waals surface area contributed by atoms with E-state index in [-0.39, 0.29) is 12.3 Å². The average Bonchev–Trinajstić information content (AvgIpc) is 3.58. The first-order valence-corrected chi connectivity index (χ1v) is 13.1. The van der Waals surface area contributed by atoms with Crippen molar-refractivity contribution in [3.05, 3.63) is 47.2 Å². The smallest absolute Gasteiger partial charge is 0.243 e. The van der Waals surface area contributed by atoms with Crippen LogP contribution in [0.25, 0.3) is 10.7 Å². The Balaban J connectivity index is 1.25. The normalized spacial score (nSPS) is 16.9. The van der Waals surface area contributed by atoms with Crippen LogP contribution in [0.1, 0.15) is 37.1 Å². The van der Waals surface area contributed by atoms with Crippen molar-refractivity contribution in [2.75, 3.05) is 24.5 Å². The van der Waals surface area contributed by atoms with Gasteiger partial charge in [0.25, 0.3) is 0 Å². The molecule has 1 amide bonds. The van der Waals surface area contributed by atoms with Gasteiger partial charge in [0.1, 0.15) is 0 Å². The molecule has 2 aliphatic rings. The predicted octanol–water partition coefficient (Wildman–Crippen LogP) is 3.49. The number of sulfonamides is 1. The molecular weight excluding hydrogens is 448 g/mol. The van der Waals surface area contributed by atoms with Crippen molar-refractivity contribution in [2.45, 2.75) is 43.4 Å². The zero-order chi connectivity index (χ0) is 22.1. The molecule has 2 aromatic heterocycles. The molecule has 1 fully saturated rings. The molecule has 0 radical (unpaired) electrons. The highest BCUT2D eigenvalue weighted by Gasteiger charge is 2.30. The molecule has 0 bridgehead atoms. The molecule has 10 heteroatoms. The molecule has 8 nitrogen and oxygen atoms in total. The highest BCUT2D eigenvalue weighted by Crippen LogP contribution is 2.32. The van der Waals surface area contributed by atoms with Gasteiger partial charge in [-0.05, 0) is 54.5 Å². The number of anilines is 1. The van der Waals surface area contributed by atoms with E-state index in [2.05, 4.69) is 10.1 Å². The largest absolute Gasteiger partial charge is 0.339 e. The van der Waals surface area contributed by atoms with E-state index in [1.165, 1.54) is 11.3 Å². The number of rotatable bonds is 6. The zero-order valence-corrected chi connectivity index (χ0v) is 19.2. The number of hydrogen-bond donors (Lipinski definition) is 0. The molecular formula is C22H24N4O4S2. The number of fused-ring (bicyclic) bond motifs is 1. The van der Waals surface area contributed by atoms with Gasteiger partial charge >= 0.3 is 0 Å². The first kappa shape index (κ1) is 21.3. The quantitative estimate of drug-likeness (QED) is 0.545. The van der Waals surface area contributed by atoms with E-state index < -0.39 is 10.0 Å². The van der Waals surface area contributed by atoms with E-state index in [0.717, 1.165) is 35.4 Å². The fourth-order valence-corrected chi connectivity index (χ4v) is 6.48. The molecule has 4 heterocycles. The highest BCUT2D eigenvalue weighted by molar-refractivity contribution is 7.89. The second-order valence-corrected chi connectivity index (χ2v) is 10.9. The van der Waals surface area contributed by atoms with Gasteiger partial charge in [0.05, 0.1) is 9.77 Å². The fraction of sp³-hybridized carbons (Fsp3) is 0.409. The van der Waals surface area contributed by atoms with E-state index >= 15 is 0 Å². The summed E-state index contributed by atoms with van der Waals surface area (Å²) in [6.07, 6.45) is 4.15. The first-order chi connectivity index (χ1) is 15.5. The molecule has 3 aromatic rings. The molecule has 2 aliphatic heterocycles. The Morgan fingerprint density at radius 3 is 2.75 bits per heavy atom. The molecule has 0 saturated carbocycles. The Morgan fingerprint density at radius 2 is 1.97 bits per heavy atom. The van der Waals surface area contributed by atoms with Crippen molar-refractivity contribution >= 4 is 33.0 Å². The van der Waals surface area contributed by atoms with E-state index in [9.17, 15) is 13.2 Å².